The first-order valence-electron chi connectivity index (χ1n) is 8.44. The van der Waals surface area contributed by atoms with E-state index in [-0.39, 0.29) is 17.1 Å². The zero-order valence-corrected chi connectivity index (χ0v) is 17.2. The summed E-state index contributed by atoms with van der Waals surface area (Å²) in [6.45, 7) is 5.28. The summed E-state index contributed by atoms with van der Waals surface area (Å²) in [5.41, 5.74) is -0.615. The van der Waals surface area contributed by atoms with E-state index in [1.807, 2.05) is 69.9 Å². The second-order valence-corrected chi connectivity index (χ2v) is 6.54. The third-order valence-electron chi connectivity index (χ3n) is 3.10. The van der Waals surface area contributed by atoms with Gasteiger partial charge in [-0.25, -0.2) is 9.59 Å². The molecule has 1 amide bonds. The van der Waals surface area contributed by atoms with Crippen LogP contribution in [0.3, 0.4) is 0 Å². The van der Waals surface area contributed by atoms with Crippen molar-refractivity contribution in [1.82, 2.24) is 5.32 Å². The number of carbonyl (C=O) groups excluding carboxylic acids is 2. The number of hydrogen-bond acceptors (Lipinski definition) is 4. The molecule has 0 aliphatic heterocycles. The molecular weight excluding hydrogens is 386 g/mol. The van der Waals surface area contributed by atoms with Gasteiger partial charge in [-0.1, -0.05) is 12.2 Å². The van der Waals surface area contributed by atoms with Crippen molar-refractivity contribution in [2.75, 3.05) is 7.11 Å². The number of hydrogen-bond donors (Lipinski definition) is 1. The van der Waals surface area contributed by atoms with Crippen LogP contribution in [0.5, 0.6) is 0 Å². The van der Waals surface area contributed by atoms with Crippen LogP contribution in [0.25, 0.3) is 0 Å². The quantitative estimate of drug-likeness (QED) is 0.554. The van der Waals surface area contributed by atoms with Crippen molar-refractivity contribution in [1.29, 1.82) is 0 Å². The third kappa shape index (κ3) is 12.9. The predicted molar refractivity (Wildman–Crippen MR) is 101 cm³/mol. The van der Waals surface area contributed by atoms with E-state index in [1.54, 1.807) is 20.8 Å². The largest absolute Gasteiger partial charge is 2.00 e. The maximum Gasteiger partial charge on any atom is 2.00 e. The summed E-state index contributed by atoms with van der Waals surface area (Å²) >= 11 is 0. The number of ether oxygens (including phenoxy) is 2. The molecule has 0 bridgehead atoms. The van der Waals surface area contributed by atoms with Gasteiger partial charge in [-0.05, 0) is 85.0 Å². The molecule has 1 N–H and O–H groups in total. The molecule has 10 radical (unpaired) electrons. The first-order chi connectivity index (χ1) is 12.3. The summed E-state index contributed by atoms with van der Waals surface area (Å²) in [6, 6.07) is -0.768. The summed E-state index contributed by atoms with van der Waals surface area (Å²) in [7, 11) is 1.28. The molecule has 2 rings (SSSR count). The Hall–Kier alpha value is -1.00. The zero-order valence-electron chi connectivity index (χ0n) is 16.1. The third-order valence-corrected chi connectivity index (χ3v) is 3.10. The second-order valence-electron chi connectivity index (χ2n) is 6.54. The van der Waals surface area contributed by atoms with Gasteiger partial charge in [-0.15, -0.1) is 0 Å². The van der Waals surface area contributed by atoms with Crippen molar-refractivity contribution in [3.05, 3.63) is 75.9 Å². The summed E-state index contributed by atoms with van der Waals surface area (Å²) in [4.78, 5) is 23.4. The van der Waals surface area contributed by atoms with Gasteiger partial charge >= 0.3 is 29.1 Å². The van der Waals surface area contributed by atoms with E-state index in [0.29, 0.717) is 6.42 Å². The average molecular weight is 413 g/mol. The molecule has 0 aromatic heterocycles. The van der Waals surface area contributed by atoms with Gasteiger partial charge in [0.25, 0.3) is 0 Å². The number of nitrogens with one attached hydrogen (secondary N) is 1. The van der Waals surface area contributed by atoms with E-state index in [1.165, 1.54) is 7.11 Å². The molecule has 0 saturated heterocycles. The SMILES string of the molecule is COC(=O)[C@H](C/C=C/[C]1[CH][CH][CH][CH]1)NC(=O)OC(C)(C)C.[CH]1[CH][CH][CH][CH]1.[Fe+2]. The Morgan fingerprint density at radius 1 is 1.04 bits per heavy atom. The number of esters is 1. The summed E-state index contributed by atoms with van der Waals surface area (Å²) < 4.78 is 9.82. The van der Waals surface area contributed by atoms with Crippen LogP contribution in [-0.2, 0) is 31.3 Å². The van der Waals surface area contributed by atoms with Crippen LogP contribution in [0.4, 0.5) is 4.79 Å². The van der Waals surface area contributed by atoms with Crippen molar-refractivity contribution in [3.63, 3.8) is 0 Å². The van der Waals surface area contributed by atoms with Crippen LogP contribution in [0, 0.1) is 63.7 Å². The molecule has 2 saturated carbocycles. The van der Waals surface area contributed by atoms with Crippen LogP contribution >= 0.6 is 0 Å². The fourth-order valence-corrected chi connectivity index (χ4v) is 1.97. The van der Waals surface area contributed by atoms with Crippen LogP contribution in [0.1, 0.15) is 27.2 Å². The summed E-state index contributed by atoms with van der Waals surface area (Å²) in [5, 5.41) is 2.52. The molecule has 0 aromatic carbocycles. The Morgan fingerprint density at radius 3 is 2.00 bits per heavy atom. The molecule has 146 valence electrons. The topological polar surface area (TPSA) is 64.6 Å². The van der Waals surface area contributed by atoms with Gasteiger partial charge in [0.15, 0.2) is 0 Å². The summed E-state index contributed by atoms with van der Waals surface area (Å²) in [5.74, 6) is 0.531. The van der Waals surface area contributed by atoms with E-state index in [0.717, 1.165) is 5.92 Å². The predicted octanol–water partition coefficient (Wildman–Crippen LogP) is 3.42. The van der Waals surface area contributed by atoms with E-state index in [4.69, 9.17) is 4.74 Å². The van der Waals surface area contributed by atoms with Crippen LogP contribution < -0.4 is 5.32 Å². The molecule has 0 heterocycles. The van der Waals surface area contributed by atoms with Gasteiger partial charge in [0.1, 0.15) is 11.6 Å². The fraction of sp³-hybridized carbons (Fsp3) is 0.333. The monoisotopic (exact) mass is 413 g/mol. The van der Waals surface area contributed by atoms with E-state index >= 15 is 0 Å². The number of rotatable bonds is 5. The van der Waals surface area contributed by atoms with Crippen molar-refractivity contribution in [2.24, 2.45) is 0 Å². The van der Waals surface area contributed by atoms with Crippen molar-refractivity contribution in [2.45, 2.75) is 38.8 Å². The van der Waals surface area contributed by atoms with Crippen LogP contribution in [0.2, 0.25) is 0 Å². The van der Waals surface area contributed by atoms with Crippen molar-refractivity contribution >= 4 is 12.1 Å². The minimum atomic E-state index is -0.768. The average Bonchev–Trinajstić information content (AvgIpc) is 3.27. The van der Waals surface area contributed by atoms with E-state index in [9.17, 15) is 9.59 Å². The Kier molecular flexibility index (Phi) is 13.5. The van der Waals surface area contributed by atoms with Crippen molar-refractivity contribution < 1.29 is 36.1 Å². The molecule has 6 heteroatoms. The minimum absolute atomic E-state index is 0. The molecule has 0 unspecified atom stereocenters. The standard InChI is InChI=1S/C16H22NO4.C5H5.Fe/c1-16(2,3)21-15(19)17-13(14(18)20-4)11-7-10-12-8-5-6-9-12;1-2-4-5-3-1;/h5-10,13H,11H2,1-4H3,(H,17,19);1-5H;/q;;+2/b10-7+;;/t13-;;/m0../s1. The number of carbonyl (C=O) groups is 2. The number of alkyl carbamates (subject to hydrolysis) is 1. The van der Waals surface area contributed by atoms with Gasteiger partial charge in [0, 0.05) is 5.92 Å². The fourth-order valence-electron chi connectivity index (χ4n) is 1.97. The number of amides is 1. The smallest absolute Gasteiger partial charge is 0.467 e. The van der Waals surface area contributed by atoms with Gasteiger partial charge in [0.05, 0.1) is 7.11 Å². The van der Waals surface area contributed by atoms with E-state index < -0.39 is 23.7 Å². The molecule has 1 atom stereocenters. The van der Waals surface area contributed by atoms with Crippen LogP contribution in [-0.4, -0.2) is 30.8 Å². The Morgan fingerprint density at radius 2 is 1.56 bits per heavy atom. The Labute approximate surface area is 175 Å². The molecule has 0 spiro atoms. The number of allylic oxidation sites excluding steroid dienone is 1. The normalized spacial score (nSPS) is 18.2. The minimum Gasteiger partial charge on any atom is -0.467 e. The molecular formula is C21H27FeNO4+2. The van der Waals surface area contributed by atoms with Gasteiger partial charge in [-0.2, -0.15) is 0 Å². The zero-order chi connectivity index (χ0) is 19.4. The molecule has 2 aliphatic carbocycles. The van der Waals surface area contributed by atoms with Crippen LogP contribution in [0.15, 0.2) is 12.2 Å². The molecule has 0 aromatic rings. The molecule has 2 fully saturated rings. The van der Waals surface area contributed by atoms with Gasteiger partial charge in [-0.3, -0.25) is 0 Å². The van der Waals surface area contributed by atoms with E-state index in [2.05, 4.69) is 10.1 Å². The Balaban J connectivity index is 0.000000969. The second kappa shape index (κ2) is 14.1. The first-order valence-corrected chi connectivity index (χ1v) is 8.44. The molecule has 27 heavy (non-hydrogen) atoms. The van der Waals surface area contributed by atoms with Crippen molar-refractivity contribution in [3.8, 4) is 0 Å². The molecule has 2 aliphatic rings. The number of methoxy groups -OCH3 is 1. The maximum absolute atomic E-state index is 11.7. The van der Waals surface area contributed by atoms with Gasteiger partial charge in [0.2, 0.25) is 0 Å². The maximum atomic E-state index is 11.7. The summed E-state index contributed by atoms with van der Waals surface area (Å²) in [6.07, 6.45) is 21.1. The molecule has 5 nitrogen and oxygen atoms in total. The Bertz CT molecular complexity index is 442. The van der Waals surface area contributed by atoms with Gasteiger partial charge < -0.3 is 14.8 Å². The first kappa shape index (κ1) is 26.0.